The molecule has 1 amide bonds. The summed E-state index contributed by atoms with van der Waals surface area (Å²) < 4.78 is 27.3. The van der Waals surface area contributed by atoms with Gasteiger partial charge in [0.05, 0.1) is 12.2 Å². The fourth-order valence-electron chi connectivity index (χ4n) is 3.78. The summed E-state index contributed by atoms with van der Waals surface area (Å²) >= 11 is 1.15. The van der Waals surface area contributed by atoms with Gasteiger partial charge in [0.25, 0.3) is 5.91 Å². The summed E-state index contributed by atoms with van der Waals surface area (Å²) in [5.74, 6) is -1.82. The van der Waals surface area contributed by atoms with Crippen LogP contribution in [0, 0.1) is 11.6 Å². The molecule has 10 heteroatoms. The largest absolute Gasteiger partial charge is 0.328 e. The Bertz CT molecular complexity index is 1130. The number of halogens is 2. The van der Waals surface area contributed by atoms with Gasteiger partial charge in [-0.1, -0.05) is 50.0 Å². The molecular weight excluding hydrogens is 472 g/mol. The molecule has 0 saturated heterocycles. The van der Waals surface area contributed by atoms with Crippen molar-refractivity contribution in [3.8, 4) is 0 Å². The Morgan fingerprint density at radius 1 is 1.11 bits per heavy atom. The fourth-order valence-corrected chi connectivity index (χ4v) is 4.65. The maximum atomic E-state index is 14.1. The second kappa shape index (κ2) is 12.6. The summed E-state index contributed by atoms with van der Waals surface area (Å²) in [7, 11) is 1.68. The van der Waals surface area contributed by atoms with E-state index in [4.69, 9.17) is 0 Å². The highest BCUT2D eigenvalue weighted by atomic mass is 32.1. The second-order valence-electron chi connectivity index (χ2n) is 8.55. The molecule has 188 valence electrons. The number of nitrogens with zero attached hydrogens (tertiary/aromatic N) is 3. The number of amides is 1. The number of allylic oxidation sites excluding steroid dienone is 2. The average Bonchev–Trinajstić information content (AvgIpc) is 3.29. The van der Waals surface area contributed by atoms with Crippen molar-refractivity contribution in [2.24, 2.45) is 0 Å². The predicted molar refractivity (Wildman–Crippen MR) is 132 cm³/mol. The number of hydrazine groups is 1. The standard InChI is InChI=1S/C25H31F2N5O2S/c1-4-5-6-7-8-9-19-16(2)23(33)20(14-28-29-15-32(3)25(19)34)24-31-30-22(35-24)12-17-10-11-18(26)13-21(17)27/h10-11,13-14,28-29H,4-9,12,15H2,1-3H3/b19-16+,20-14+. The Kier molecular flexibility index (Phi) is 9.62. The zero-order chi connectivity index (χ0) is 25.4. The van der Waals surface area contributed by atoms with Gasteiger partial charge in [-0.2, -0.15) is 0 Å². The number of rotatable bonds is 9. The van der Waals surface area contributed by atoms with Gasteiger partial charge in [0.2, 0.25) is 0 Å². The maximum Gasteiger partial charge on any atom is 0.251 e. The number of carbonyl (C=O) groups excluding carboxylic acids is 2. The van der Waals surface area contributed by atoms with E-state index in [2.05, 4.69) is 28.0 Å². The van der Waals surface area contributed by atoms with Crippen molar-refractivity contribution < 1.29 is 18.4 Å². The first kappa shape index (κ1) is 26.6. The van der Waals surface area contributed by atoms with Crippen LogP contribution in [0.3, 0.4) is 0 Å². The van der Waals surface area contributed by atoms with Gasteiger partial charge in [0.1, 0.15) is 16.6 Å². The van der Waals surface area contributed by atoms with Gasteiger partial charge in [-0.25, -0.2) is 14.2 Å². The third kappa shape index (κ3) is 7.02. The van der Waals surface area contributed by atoms with E-state index in [-0.39, 0.29) is 35.9 Å². The number of ketones is 1. The van der Waals surface area contributed by atoms with Gasteiger partial charge in [-0.05, 0) is 31.4 Å². The van der Waals surface area contributed by atoms with E-state index in [0.29, 0.717) is 27.6 Å². The maximum absolute atomic E-state index is 14.1. The van der Waals surface area contributed by atoms with Crippen molar-refractivity contribution >= 4 is 28.6 Å². The van der Waals surface area contributed by atoms with Gasteiger partial charge in [0, 0.05) is 36.9 Å². The highest BCUT2D eigenvalue weighted by Gasteiger charge is 2.26. The van der Waals surface area contributed by atoms with Gasteiger partial charge < -0.3 is 10.3 Å². The highest BCUT2D eigenvalue weighted by Crippen LogP contribution is 2.27. The number of hydrogen-bond donors (Lipinski definition) is 2. The molecule has 7 nitrogen and oxygen atoms in total. The summed E-state index contributed by atoms with van der Waals surface area (Å²) in [5.41, 5.74) is 7.19. The number of benzene rings is 1. The van der Waals surface area contributed by atoms with Crippen LogP contribution in [-0.4, -0.2) is 40.5 Å². The first-order chi connectivity index (χ1) is 16.8. The van der Waals surface area contributed by atoms with Crippen LogP contribution in [0.1, 0.15) is 68.0 Å². The molecule has 0 aliphatic carbocycles. The molecule has 0 saturated carbocycles. The topological polar surface area (TPSA) is 87.2 Å². The van der Waals surface area contributed by atoms with Crippen LogP contribution in [-0.2, 0) is 16.0 Å². The molecule has 0 bridgehead atoms. The minimum Gasteiger partial charge on any atom is -0.328 e. The summed E-state index contributed by atoms with van der Waals surface area (Å²) in [6, 6.07) is 3.38. The average molecular weight is 504 g/mol. The quantitative estimate of drug-likeness (QED) is 0.490. The number of hydrogen-bond acceptors (Lipinski definition) is 7. The van der Waals surface area contributed by atoms with E-state index in [9.17, 15) is 18.4 Å². The van der Waals surface area contributed by atoms with E-state index >= 15 is 0 Å². The van der Waals surface area contributed by atoms with Crippen LogP contribution < -0.4 is 10.9 Å². The van der Waals surface area contributed by atoms with Crippen LogP contribution in [0.5, 0.6) is 0 Å². The lowest BCUT2D eigenvalue weighted by Gasteiger charge is -2.22. The Morgan fingerprint density at radius 2 is 1.89 bits per heavy atom. The van der Waals surface area contributed by atoms with E-state index in [1.54, 1.807) is 14.0 Å². The molecule has 1 aromatic carbocycles. The molecule has 0 radical (unpaired) electrons. The lowest BCUT2D eigenvalue weighted by Crippen LogP contribution is -2.42. The lowest BCUT2D eigenvalue weighted by molar-refractivity contribution is -0.127. The summed E-state index contributed by atoms with van der Waals surface area (Å²) in [5, 5.41) is 9.09. The molecule has 1 aliphatic rings. The van der Waals surface area contributed by atoms with E-state index in [1.807, 2.05) is 0 Å². The van der Waals surface area contributed by atoms with Gasteiger partial charge in [-0.15, -0.1) is 10.2 Å². The Labute approximate surface area is 208 Å². The number of aromatic nitrogens is 2. The van der Waals surface area contributed by atoms with Crippen molar-refractivity contribution in [1.29, 1.82) is 0 Å². The van der Waals surface area contributed by atoms with E-state index in [0.717, 1.165) is 49.5 Å². The number of carbonyl (C=O) groups is 2. The Morgan fingerprint density at radius 3 is 2.63 bits per heavy atom. The number of likely N-dealkylation sites (N-methyl/N-ethyl adjacent to an activating group) is 1. The molecule has 2 aromatic rings. The molecule has 0 fully saturated rings. The van der Waals surface area contributed by atoms with Gasteiger partial charge in [0.15, 0.2) is 10.8 Å². The molecular formula is C25H31F2N5O2S. The molecule has 2 heterocycles. The molecule has 0 unspecified atom stereocenters. The number of nitrogens with one attached hydrogen (secondary N) is 2. The Hall–Kier alpha value is -2.98. The van der Waals surface area contributed by atoms with Gasteiger partial charge in [-0.3, -0.25) is 9.59 Å². The molecule has 35 heavy (non-hydrogen) atoms. The molecule has 3 rings (SSSR count). The molecule has 0 atom stereocenters. The zero-order valence-corrected chi connectivity index (χ0v) is 21.1. The second-order valence-corrected chi connectivity index (χ2v) is 9.61. The van der Waals surface area contributed by atoms with Crippen molar-refractivity contribution in [1.82, 2.24) is 25.9 Å². The molecule has 2 N–H and O–H groups in total. The molecule has 0 spiro atoms. The smallest absolute Gasteiger partial charge is 0.251 e. The Balaban J connectivity index is 1.86. The monoisotopic (exact) mass is 503 g/mol. The SMILES string of the molecule is CCCCCCC/C1=C(/C)C(=O)/C(c2nnc(Cc3ccc(F)cc3F)s2)=C\NNCN(C)C1=O. The lowest BCUT2D eigenvalue weighted by atomic mass is 9.95. The minimum absolute atomic E-state index is 0.123. The van der Waals surface area contributed by atoms with Gasteiger partial charge >= 0.3 is 0 Å². The third-order valence-corrected chi connectivity index (χ3v) is 6.82. The third-order valence-electron chi connectivity index (χ3n) is 5.86. The summed E-state index contributed by atoms with van der Waals surface area (Å²) in [4.78, 5) is 28.1. The minimum atomic E-state index is -0.661. The predicted octanol–water partition coefficient (Wildman–Crippen LogP) is 4.52. The van der Waals surface area contributed by atoms with E-state index < -0.39 is 11.6 Å². The summed E-state index contributed by atoms with van der Waals surface area (Å²) in [6.45, 7) is 4.07. The normalized spacial score (nSPS) is 18.9. The first-order valence-corrected chi connectivity index (χ1v) is 12.6. The first-order valence-electron chi connectivity index (χ1n) is 11.8. The van der Waals surface area contributed by atoms with Crippen LogP contribution in [0.25, 0.3) is 5.57 Å². The van der Waals surface area contributed by atoms with Crippen LogP contribution in [0.2, 0.25) is 0 Å². The van der Waals surface area contributed by atoms with E-state index in [1.165, 1.54) is 23.2 Å². The van der Waals surface area contributed by atoms with Crippen molar-refractivity contribution in [2.75, 3.05) is 13.7 Å². The molecule has 1 aromatic heterocycles. The highest BCUT2D eigenvalue weighted by molar-refractivity contribution is 7.12. The van der Waals surface area contributed by atoms with Crippen molar-refractivity contribution in [2.45, 2.75) is 58.8 Å². The molecule has 1 aliphatic heterocycles. The summed E-state index contributed by atoms with van der Waals surface area (Å²) in [6.07, 6.45) is 7.36. The number of Topliss-reactive ketones (excluding diaryl/α,β-unsaturated/α-hetero) is 1. The van der Waals surface area contributed by atoms with Crippen molar-refractivity contribution in [3.63, 3.8) is 0 Å². The van der Waals surface area contributed by atoms with Crippen LogP contribution in [0.4, 0.5) is 8.78 Å². The van der Waals surface area contributed by atoms with Crippen molar-refractivity contribution in [3.05, 3.63) is 62.8 Å². The van der Waals surface area contributed by atoms with Crippen LogP contribution >= 0.6 is 11.3 Å². The number of unbranched alkanes of at least 4 members (excludes halogenated alkanes) is 4. The van der Waals surface area contributed by atoms with Crippen LogP contribution in [0.15, 0.2) is 35.5 Å². The fraction of sp³-hybridized carbons (Fsp3) is 0.440. The zero-order valence-electron chi connectivity index (χ0n) is 20.3.